The van der Waals surface area contributed by atoms with Gasteiger partial charge in [-0.15, -0.1) is 0 Å². The normalized spacial score (nSPS) is 52.7. The van der Waals surface area contributed by atoms with Crippen LogP contribution in [-0.4, -0.2) is 123 Å². The van der Waals surface area contributed by atoms with Crippen LogP contribution in [0, 0.1) is 35.5 Å². The summed E-state index contributed by atoms with van der Waals surface area (Å²) in [6, 6.07) is 0. The van der Waals surface area contributed by atoms with Crippen molar-refractivity contribution in [3.8, 4) is 0 Å². The summed E-state index contributed by atoms with van der Waals surface area (Å²) in [6.45, 7) is 18.4. The number of aliphatic hydroxyl groups is 3. The molecule has 0 radical (unpaired) electrons. The molecule has 9 aliphatic heterocycles. The van der Waals surface area contributed by atoms with E-state index in [4.69, 9.17) is 43.0 Å². The number of hydrogen-bond donors (Lipinski definition) is 5. The van der Waals surface area contributed by atoms with Gasteiger partial charge in [0.05, 0.1) is 55.3 Å². The number of carboxylic acid groups (broad SMARTS) is 1. The van der Waals surface area contributed by atoms with Gasteiger partial charge in [0.15, 0.2) is 23.1 Å². The summed E-state index contributed by atoms with van der Waals surface area (Å²) < 4.78 is 54.0. The van der Waals surface area contributed by atoms with Crippen LogP contribution in [0.3, 0.4) is 0 Å². The predicted molar refractivity (Wildman–Crippen MR) is 220 cm³/mol. The van der Waals surface area contributed by atoms with Crippen LogP contribution in [0.25, 0.3) is 0 Å². The summed E-state index contributed by atoms with van der Waals surface area (Å²) >= 11 is 0. The smallest absolute Gasteiger partial charge is 0.306 e. The van der Waals surface area contributed by atoms with Crippen LogP contribution < -0.4 is 5.32 Å². The lowest BCUT2D eigenvalue weighted by molar-refractivity contribution is -0.367. The predicted octanol–water partition coefficient (Wildman–Crippen LogP) is 5.23. The molecule has 9 rings (SSSR count). The van der Waals surface area contributed by atoms with E-state index in [9.17, 15) is 20.1 Å². The first-order valence-corrected chi connectivity index (χ1v) is 23.3. The summed E-state index contributed by atoms with van der Waals surface area (Å²) in [7, 11) is 0. The molecule has 9 aliphatic rings. The third-order valence-corrected chi connectivity index (χ3v) is 16.0. The fourth-order valence-corrected chi connectivity index (χ4v) is 12.9. The molecule has 61 heavy (non-hydrogen) atoms. The van der Waals surface area contributed by atoms with Crippen LogP contribution in [0.5, 0.6) is 0 Å². The van der Waals surface area contributed by atoms with Gasteiger partial charge < -0.3 is 58.3 Å². The van der Waals surface area contributed by atoms with Gasteiger partial charge in [-0.1, -0.05) is 72.4 Å². The summed E-state index contributed by atoms with van der Waals surface area (Å²) in [6.07, 6.45) is 8.58. The summed E-state index contributed by atoms with van der Waals surface area (Å²) in [5.74, 6) is -4.82. The second kappa shape index (κ2) is 16.3. The fraction of sp³-hybridized carbons (Fsp3) is 0.851. The Morgan fingerprint density at radius 1 is 0.852 bits per heavy atom. The Kier molecular flexibility index (Phi) is 11.8. The van der Waals surface area contributed by atoms with Crippen LogP contribution in [0.1, 0.15) is 119 Å². The first kappa shape index (κ1) is 44.4. The van der Waals surface area contributed by atoms with Crippen molar-refractivity contribution in [2.75, 3.05) is 6.54 Å². The molecule has 0 amide bonds. The van der Waals surface area contributed by atoms with Gasteiger partial charge >= 0.3 is 5.97 Å². The number of hydrogen-bond acceptors (Lipinski definition) is 13. The molecule has 0 aromatic heterocycles. The van der Waals surface area contributed by atoms with E-state index in [0.717, 1.165) is 37.8 Å². The quantitative estimate of drug-likeness (QED) is 0.190. The molecule has 8 saturated heterocycles. The maximum Gasteiger partial charge on any atom is 0.306 e. The summed E-state index contributed by atoms with van der Waals surface area (Å²) in [5, 5.41) is 47.3. The molecular weight excluding hydrogens is 787 g/mol. The van der Waals surface area contributed by atoms with Gasteiger partial charge in [0.25, 0.3) is 0 Å². The monoisotopic (exact) mass is 857 g/mol. The highest BCUT2D eigenvalue weighted by molar-refractivity contribution is 5.67. The number of piperidine rings is 1. The fourth-order valence-electron chi connectivity index (χ4n) is 12.9. The van der Waals surface area contributed by atoms with E-state index in [0.29, 0.717) is 62.7 Å². The Balaban J connectivity index is 0.845. The van der Waals surface area contributed by atoms with E-state index in [1.54, 1.807) is 6.08 Å². The molecule has 9 heterocycles. The van der Waals surface area contributed by atoms with Crippen molar-refractivity contribution >= 4 is 5.97 Å². The van der Waals surface area contributed by atoms with Crippen LogP contribution in [-0.2, 0) is 42.7 Å². The topological polar surface area (TPSA) is 184 Å². The lowest BCUT2D eigenvalue weighted by Gasteiger charge is -2.53. The highest BCUT2D eigenvalue weighted by atomic mass is 16.8. The second-order valence-electron chi connectivity index (χ2n) is 21.1. The van der Waals surface area contributed by atoms with E-state index in [1.807, 2.05) is 19.1 Å². The standard InChI is InChI=1S/C47H71NO13/c1-25-16-36-41-38(23-45(59-41)29(5)15-26(2)24-48-45)57-44(21-25,56-36)22-28(4)40-27(3)17-31(7)47(53,60-40)42(52)37-20-35-34(54-37)18-30(6)46(58-35)14-13-43(61-46)12-8-9-33(55-43)11-10-32(49)19-39(50)51/h8-11,25-27,29-38,40-42,48-49,52-53H,4,12-24H2,1-3,5-7H3,(H,50,51)/b11-10+/t25-,26+,27-,29-,30+,31+,32-,33-,34+,35+,36-,37-,38+,40-,41+,42+,43-,44-,45-,46+,47+/m0/s1. The molecule has 14 nitrogen and oxygen atoms in total. The van der Waals surface area contributed by atoms with Crippen molar-refractivity contribution in [3.63, 3.8) is 0 Å². The molecule has 21 atom stereocenters. The molecule has 0 aliphatic carbocycles. The zero-order valence-electron chi connectivity index (χ0n) is 36.9. The number of fused-ring (bicyclic) bond motifs is 5. The van der Waals surface area contributed by atoms with Crippen molar-refractivity contribution in [3.05, 3.63) is 36.5 Å². The molecule has 0 aromatic rings. The van der Waals surface area contributed by atoms with Gasteiger partial charge in [-0.3, -0.25) is 10.1 Å². The molecule has 8 fully saturated rings. The molecular formula is C47H71NO13. The van der Waals surface area contributed by atoms with Crippen LogP contribution >= 0.6 is 0 Å². The minimum absolute atomic E-state index is 0.0246. The van der Waals surface area contributed by atoms with Gasteiger partial charge in [0, 0.05) is 63.3 Å². The largest absolute Gasteiger partial charge is 0.481 e. The molecule has 0 unspecified atom stereocenters. The van der Waals surface area contributed by atoms with Gasteiger partial charge in [-0.05, 0) is 54.9 Å². The Bertz CT molecular complexity index is 1730. The van der Waals surface area contributed by atoms with E-state index >= 15 is 0 Å². The number of carboxylic acids is 1. The first-order valence-electron chi connectivity index (χ1n) is 23.3. The zero-order chi connectivity index (χ0) is 43.3. The van der Waals surface area contributed by atoms with Crippen LogP contribution in [0.15, 0.2) is 36.5 Å². The maximum atomic E-state index is 12.4. The Morgan fingerprint density at radius 2 is 1.64 bits per heavy atom. The number of aliphatic carboxylic acids is 1. The number of ether oxygens (including phenoxy) is 8. The third-order valence-electron chi connectivity index (χ3n) is 16.0. The molecule has 342 valence electrons. The minimum atomic E-state index is -1.90. The Labute approximate surface area is 360 Å². The molecule has 0 saturated carbocycles. The molecule has 5 N–H and O–H groups in total. The molecule has 0 aromatic carbocycles. The minimum Gasteiger partial charge on any atom is -0.481 e. The average molecular weight is 858 g/mol. The van der Waals surface area contributed by atoms with Crippen molar-refractivity contribution in [1.29, 1.82) is 0 Å². The first-order chi connectivity index (χ1) is 28.8. The van der Waals surface area contributed by atoms with E-state index in [-0.39, 0.29) is 54.7 Å². The van der Waals surface area contributed by atoms with Crippen LogP contribution in [0.2, 0.25) is 0 Å². The van der Waals surface area contributed by atoms with Crippen molar-refractivity contribution < 1.29 is 63.1 Å². The van der Waals surface area contributed by atoms with E-state index in [2.05, 4.69) is 46.5 Å². The lowest BCUT2D eigenvalue weighted by Crippen LogP contribution is -2.62. The SMILES string of the molecule is C=C(C[C@@]12C[C@@H](C)C[C@H](O1)[C@H]1O[C@]3(C[C@H]1O2)NC[C@H](C)C[C@@H]3C)[C@H]1O[C@@](O)([C@H](O)[C@@H]2C[C@H]3O[C@@]4(CC[C@]5(CC=C[C@@H](/C=C/[C@H](O)CC(=O)O)O5)O4)[C@H](C)C[C@H]3O2)[C@H](C)C[C@@H]1C. The van der Waals surface area contributed by atoms with Gasteiger partial charge in [-0.2, -0.15) is 0 Å². The highest BCUT2D eigenvalue weighted by Crippen LogP contribution is 2.56. The average Bonchev–Trinajstić information content (AvgIpc) is 3.87. The van der Waals surface area contributed by atoms with Crippen molar-refractivity contribution in [1.82, 2.24) is 5.32 Å². The van der Waals surface area contributed by atoms with Crippen molar-refractivity contribution in [2.24, 2.45) is 35.5 Å². The number of rotatable bonds is 9. The zero-order valence-corrected chi connectivity index (χ0v) is 36.9. The number of aliphatic hydroxyl groups excluding tert-OH is 2. The van der Waals surface area contributed by atoms with Gasteiger partial charge in [0.1, 0.15) is 17.9 Å². The van der Waals surface area contributed by atoms with Crippen molar-refractivity contribution in [2.45, 2.75) is 209 Å². The van der Waals surface area contributed by atoms with Crippen LogP contribution in [0.4, 0.5) is 0 Å². The summed E-state index contributed by atoms with van der Waals surface area (Å²) in [5.41, 5.74) is 0.370. The second-order valence-corrected chi connectivity index (χ2v) is 21.1. The Hall–Kier alpha value is -1.79. The van der Waals surface area contributed by atoms with Gasteiger partial charge in [0.2, 0.25) is 0 Å². The highest BCUT2D eigenvalue weighted by Gasteiger charge is 2.64. The molecule has 3 spiro atoms. The number of nitrogens with one attached hydrogen (secondary N) is 1. The third kappa shape index (κ3) is 8.15. The molecule has 14 heteroatoms. The van der Waals surface area contributed by atoms with Gasteiger partial charge in [-0.25, -0.2) is 0 Å². The maximum absolute atomic E-state index is 12.4. The molecule has 2 bridgehead atoms. The Morgan fingerprint density at radius 3 is 2.41 bits per heavy atom. The van der Waals surface area contributed by atoms with E-state index in [1.165, 1.54) is 6.08 Å². The summed E-state index contributed by atoms with van der Waals surface area (Å²) in [4.78, 5) is 11.0. The lowest BCUT2D eigenvalue weighted by atomic mass is 9.76. The number of carbonyl (C=O) groups is 1. The van der Waals surface area contributed by atoms with E-state index < -0.39 is 65.4 Å².